The number of carbonyl (C=O) groups is 1. The van der Waals surface area contributed by atoms with Gasteiger partial charge in [0.05, 0.1) is 5.69 Å². The standard InChI is InChI=1S/C12H15F2NO2/c1-8(5-12(16)17)7-15(2)11-6-9(13)3-4-10(11)14/h3-4,6,8H,5,7H2,1-2H3,(H,16,17). The molecule has 0 aliphatic rings. The fourth-order valence-electron chi connectivity index (χ4n) is 1.71. The first-order chi connectivity index (χ1) is 7.90. The topological polar surface area (TPSA) is 40.5 Å². The van der Waals surface area contributed by atoms with Gasteiger partial charge in [-0.05, 0) is 18.1 Å². The van der Waals surface area contributed by atoms with Crippen LogP contribution in [0.3, 0.4) is 0 Å². The van der Waals surface area contributed by atoms with E-state index in [1.54, 1.807) is 14.0 Å². The number of benzene rings is 1. The van der Waals surface area contributed by atoms with Crippen LogP contribution >= 0.6 is 0 Å². The van der Waals surface area contributed by atoms with Crippen molar-refractivity contribution in [3.05, 3.63) is 29.8 Å². The predicted octanol–water partition coefficient (Wildman–Crippen LogP) is 2.51. The van der Waals surface area contributed by atoms with Crippen molar-refractivity contribution in [2.24, 2.45) is 5.92 Å². The zero-order valence-electron chi connectivity index (χ0n) is 9.78. The van der Waals surface area contributed by atoms with E-state index >= 15 is 0 Å². The Morgan fingerprint density at radius 1 is 1.47 bits per heavy atom. The molecule has 3 nitrogen and oxygen atoms in total. The van der Waals surface area contributed by atoms with Gasteiger partial charge in [0.25, 0.3) is 0 Å². The number of carboxylic acid groups (broad SMARTS) is 1. The van der Waals surface area contributed by atoms with Crippen LogP contribution in [0.25, 0.3) is 0 Å². The van der Waals surface area contributed by atoms with Gasteiger partial charge in [-0.25, -0.2) is 8.78 Å². The molecular weight excluding hydrogens is 228 g/mol. The third-order valence-electron chi connectivity index (χ3n) is 2.43. The number of anilines is 1. The van der Waals surface area contributed by atoms with Crippen LogP contribution < -0.4 is 4.90 Å². The fraction of sp³-hybridized carbons (Fsp3) is 0.417. The molecule has 0 saturated heterocycles. The molecule has 1 unspecified atom stereocenters. The molecule has 0 saturated carbocycles. The second-order valence-electron chi connectivity index (χ2n) is 4.18. The molecule has 0 aromatic heterocycles. The number of nitrogens with zero attached hydrogens (tertiary/aromatic N) is 1. The molecule has 5 heteroatoms. The van der Waals surface area contributed by atoms with Crippen molar-refractivity contribution >= 4 is 11.7 Å². The Bertz CT molecular complexity index is 409. The highest BCUT2D eigenvalue weighted by atomic mass is 19.1. The molecular formula is C12H15F2NO2. The summed E-state index contributed by atoms with van der Waals surface area (Å²) in [5, 5.41) is 8.61. The molecule has 1 N–H and O–H groups in total. The lowest BCUT2D eigenvalue weighted by Crippen LogP contribution is -2.26. The molecule has 1 atom stereocenters. The van der Waals surface area contributed by atoms with Gasteiger partial charge in [-0.15, -0.1) is 0 Å². The molecule has 1 aromatic carbocycles. The van der Waals surface area contributed by atoms with E-state index in [9.17, 15) is 13.6 Å². The van der Waals surface area contributed by atoms with Crippen LogP contribution in [0, 0.1) is 17.6 Å². The summed E-state index contributed by atoms with van der Waals surface area (Å²) in [5.74, 6) is -2.07. The van der Waals surface area contributed by atoms with E-state index in [4.69, 9.17) is 5.11 Å². The minimum absolute atomic E-state index is 0.00126. The lowest BCUT2D eigenvalue weighted by atomic mass is 10.1. The second kappa shape index (κ2) is 5.61. The lowest BCUT2D eigenvalue weighted by molar-refractivity contribution is -0.137. The molecule has 0 fully saturated rings. The van der Waals surface area contributed by atoms with E-state index in [2.05, 4.69) is 0 Å². The molecule has 94 valence electrons. The summed E-state index contributed by atoms with van der Waals surface area (Å²) in [6.45, 7) is 2.11. The Balaban J connectivity index is 2.72. The number of hydrogen-bond donors (Lipinski definition) is 1. The molecule has 0 aliphatic carbocycles. The maximum absolute atomic E-state index is 13.4. The lowest BCUT2D eigenvalue weighted by Gasteiger charge is -2.23. The predicted molar refractivity (Wildman–Crippen MR) is 61.0 cm³/mol. The van der Waals surface area contributed by atoms with Crippen molar-refractivity contribution in [1.82, 2.24) is 0 Å². The van der Waals surface area contributed by atoms with Gasteiger partial charge in [0, 0.05) is 26.1 Å². The average Bonchev–Trinajstić information content (AvgIpc) is 2.20. The minimum Gasteiger partial charge on any atom is -0.481 e. The maximum Gasteiger partial charge on any atom is 0.303 e. The highest BCUT2D eigenvalue weighted by molar-refractivity contribution is 5.67. The van der Waals surface area contributed by atoms with Crippen molar-refractivity contribution in [3.8, 4) is 0 Å². The van der Waals surface area contributed by atoms with Gasteiger partial charge in [0.1, 0.15) is 11.6 Å². The summed E-state index contributed by atoms with van der Waals surface area (Å²) in [5.41, 5.74) is 0.141. The van der Waals surface area contributed by atoms with Crippen molar-refractivity contribution < 1.29 is 18.7 Å². The van der Waals surface area contributed by atoms with Gasteiger partial charge in [-0.1, -0.05) is 6.92 Å². The number of rotatable bonds is 5. The van der Waals surface area contributed by atoms with Gasteiger partial charge < -0.3 is 10.0 Å². The molecule has 0 heterocycles. The van der Waals surface area contributed by atoms with Crippen LogP contribution in [0.1, 0.15) is 13.3 Å². The summed E-state index contributed by atoms with van der Waals surface area (Å²) in [7, 11) is 1.61. The minimum atomic E-state index is -0.898. The molecule has 0 radical (unpaired) electrons. The van der Waals surface area contributed by atoms with Crippen LogP contribution in [0.5, 0.6) is 0 Å². The van der Waals surface area contributed by atoms with Crippen LogP contribution in [-0.2, 0) is 4.79 Å². The summed E-state index contributed by atoms with van der Waals surface area (Å²) < 4.78 is 26.4. The van der Waals surface area contributed by atoms with E-state index in [0.717, 1.165) is 18.2 Å². The van der Waals surface area contributed by atoms with Gasteiger partial charge in [-0.3, -0.25) is 4.79 Å². The molecule has 0 amide bonds. The first-order valence-electron chi connectivity index (χ1n) is 5.28. The van der Waals surface area contributed by atoms with Crippen molar-refractivity contribution in [2.45, 2.75) is 13.3 Å². The van der Waals surface area contributed by atoms with Crippen molar-refractivity contribution in [3.63, 3.8) is 0 Å². The van der Waals surface area contributed by atoms with E-state index in [-0.39, 0.29) is 18.0 Å². The monoisotopic (exact) mass is 243 g/mol. The van der Waals surface area contributed by atoms with E-state index < -0.39 is 17.6 Å². The van der Waals surface area contributed by atoms with Crippen LogP contribution in [0.2, 0.25) is 0 Å². The molecule has 0 spiro atoms. The number of halogens is 2. The Labute approximate surface area is 98.7 Å². The Kier molecular flexibility index (Phi) is 4.43. The van der Waals surface area contributed by atoms with Crippen LogP contribution in [-0.4, -0.2) is 24.7 Å². The van der Waals surface area contributed by atoms with E-state index in [0.29, 0.717) is 6.54 Å². The third kappa shape index (κ3) is 4.01. The average molecular weight is 243 g/mol. The highest BCUT2D eigenvalue weighted by Crippen LogP contribution is 2.20. The maximum atomic E-state index is 13.4. The van der Waals surface area contributed by atoms with Crippen molar-refractivity contribution in [2.75, 3.05) is 18.5 Å². The molecule has 0 bridgehead atoms. The SMILES string of the molecule is CC(CC(=O)O)CN(C)c1cc(F)ccc1F. The highest BCUT2D eigenvalue weighted by Gasteiger charge is 2.14. The fourth-order valence-corrected chi connectivity index (χ4v) is 1.71. The van der Waals surface area contributed by atoms with Crippen LogP contribution in [0.15, 0.2) is 18.2 Å². The number of aliphatic carboxylic acids is 1. The molecule has 0 aliphatic heterocycles. The summed E-state index contributed by atoms with van der Waals surface area (Å²) in [4.78, 5) is 12.0. The van der Waals surface area contributed by atoms with Gasteiger partial charge in [0.2, 0.25) is 0 Å². The van der Waals surface area contributed by atoms with Gasteiger partial charge in [-0.2, -0.15) is 0 Å². The largest absolute Gasteiger partial charge is 0.481 e. The van der Waals surface area contributed by atoms with E-state index in [1.807, 2.05) is 0 Å². The summed E-state index contributed by atoms with van der Waals surface area (Å²) >= 11 is 0. The second-order valence-corrected chi connectivity index (χ2v) is 4.18. The Morgan fingerprint density at radius 3 is 2.71 bits per heavy atom. The Hall–Kier alpha value is -1.65. The Morgan fingerprint density at radius 2 is 2.12 bits per heavy atom. The number of hydrogen-bond acceptors (Lipinski definition) is 2. The van der Waals surface area contributed by atoms with E-state index in [1.165, 1.54) is 4.90 Å². The summed E-state index contributed by atoms with van der Waals surface area (Å²) in [6, 6.07) is 3.21. The van der Waals surface area contributed by atoms with Gasteiger partial charge >= 0.3 is 5.97 Å². The molecule has 1 rings (SSSR count). The third-order valence-corrected chi connectivity index (χ3v) is 2.43. The van der Waals surface area contributed by atoms with Crippen LogP contribution in [0.4, 0.5) is 14.5 Å². The quantitative estimate of drug-likeness (QED) is 0.863. The molecule has 17 heavy (non-hydrogen) atoms. The first kappa shape index (κ1) is 13.4. The zero-order valence-corrected chi connectivity index (χ0v) is 9.78. The zero-order chi connectivity index (χ0) is 13.0. The number of carboxylic acids is 1. The summed E-state index contributed by atoms with van der Waals surface area (Å²) in [6.07, 6.45) is 0.00126. The molecule has 1 aromatic rings. The smallest absolute Gasteiger partial charge is 0.303 e. The van der Waals surface area contributed by atoms with Gasteiger partial charge in [0.15, 0.2) is 0 Å². The normalized spacial score (nSPS) is 12.2. The first-order valence-corrected chi connectivity index (χ1v) is 5.28. The van der Waals surface area contributed by atoms with Crippen molar-refractivity contribution in [1.29, 1.82) is 0 Å².